The van der Waals surface area contributed by atoms with Gasteiger partial charge in [0.15, 0.2) is 0 Å². The van der Waals surface area contributed by atoms with E-state index >= 15 is 0 Å². The van der Waals surface area contributed by atoms with Crippen molar-refractivity contribution in [1.29, 1.82) is 0 Å². The van der Waals surface area contributed by atoms with Crippen molar-refractivity contribution >= 4 is 11.6 Å². The molecule has 66 valence electrons. The van der Waals surface area contributed by atoms with Gasteiger partial charge in [0, 0.05) is 17.3 Å². The smallest absolute Gasteiger partial charge is 0.265 e. The second-order valence-corrected chi connectivity index (χ2v) is 2.49. The summed E-state index contributed by atoms with van der Waals surface area (Å²) < 4.78 is 24.1. The van der Waals surface area contributed by atoms with Gasteiger partial charge in [-0.05, 0) is 6.07 Å². The molecule has 0 aliphatic carbocycles. The van der Waals surface area contributed by atoms with E-state index in [1.165, 1.54) is 0 Å². The Labute approximate surface area is 72.2 Å². The molecule has 1 aromatic rings. The summed E-state index contributed by atoms with van der Waals surface area (Å²) in [6.07, 6.45) is -1.59. The molecule has 0 radical (unpaired) electrons. The zero-order valence-electron chi connectivity index (χ0n) is 5.98. The predicted molar refractivity (Wildman–Crippen MR) is 41.6 cm³/mol. The molecule has 0 amide bonds. The summed E-state index contributed by atoms with van der Waals surface area (Å²) in [5, 5.41) is 0. The number of aromatic nitrogens is 1. The number of H-pyrrole nitrogens is 1. The lowest BCUT2D eigenvalue weighted by atomic mass is 10.2. The van der Waals surface area contributed by atoms with Crippen LogP contribution in [-0.4, -0.2) is 4.98 Å². The standard InChI is InChI=1S/C7H6ClF2NO/c8-2-4-1-5(6(9)10)3-11-7(4)12/h1,3,6H,2H2,(H,11,12). The quantitative estimate of drug-likeness (QED) is 0.717. The minimum atomic E-state index is -2.58. The number of pyridine rings is 1. The summed E-state index contributed by atoms with van der Waals surface area (Å²) >= 11 is 5.34. The van der Waals surface area contributed by atoms with Crippen LogP contribution >= 0.6 is 11.6 Å². The summed E-state index contributed by atoms with van der Waals surface area (Å²) in [6.45, 7) is 0. The van der Waals surface area contributed by atoms with Crippen LogP contribution in [0.15, 0.2) is 17.1 Å². The first-order valence-electron chi connectivity index (χ1n) is 3.20. The third kappa shape index (κ3) is 1.82. The van der Waals surface area contributed by atoms with Crippen molar-refractivity contribution in [2.75, 3.05) is 0 Å². The van der Waals surface area contributed by atoms with Crippen LogP contribution in [0.3, 0.4) is 0 Å². The van der Waals surface area contributed by atoms with Gasteiger partial charge in [0.1, 0.15) is 0 Å². The van der Waals surface area contributed by atoms with Gasteiger partial charge in [-0.15, -0.1) is 11.6 Å². The van der Waals surface area contributed by atoms with E-state index in [-0.39, 0.29) is 17.0 Å². The molecule has 1 rings (SSSR count). The SMILES string of the molecule is O=c1[nH]cc(C(F)F)cc1CCl. The molecule has 0 aliphatic heterocycles. The Kier molecular flexibility index (Phi) is 2.81. The van der Waals surface area contributed by atoms with E-state index in [0.29, 0.717) is 0 Å². The van der Waals surface area contributed by atoms with Gasteiger partial charge in [0.05, 0.1) is 5.88 Å². The Hall–Kier alpha value is -0.900. The van der Waals surface area contributed by atoms with Crippen LogP contribution in [0.5, 0.6) is 0 Å². The van der Waals surface area contributed by atoms with Crippen LogP contribution in [0.1, 0.15) is 17.6 Å². The lowest BCUT2D eigenvalue weighted by Gasteiger charge is -1.99. The zero-order chi connectivity index (χ0) is 9.14. The highest BCUT2D eigenvalue weighted by Crippen LogP contribution is 2.17. The molecule has 0 atom stereocenters. The molecule has 1 N–H and O–H groups in total. The van der Waals surface area contributed by atoms with Gasteiger partial charge in [-0.3, -0.25) is 4.79 Å². The molecule has 0 unspecified atom stereocenters. The first-order chi connectivity index (χ1) is 5.65. The minimum Gasteiger partial charge on any atom is -0.328 e. The van der Waals surface area contributed by atoms with Crippen molar-refractivity contribution in [3.05, 3.63) is 33.7 Å². The van der Waals surface area contributed by atoms with Crippen LogP contribution in [-0.2, 0) is 5.88 Å². The highest BCUT2D eigenvalue weighted by Gasteiger charge is 2.08. The summed E-state index contributed by atoms with van der Waals surface area (Å²) in [7, 11) is 0. The normalized spacial score (nSPS) is 10.7. The van der Waals surface area contributed by atoms with E-state index in [0.717, 1.165) is 12.3 Å². The summed E-state index contributed by atoms with van der Waals surface area (Å²) in [5.74, 6) is -0.0596. The van der Waals surface area contributed by atoms with Crippen molar-refractivity contribution in [2.45, 2.75) is 12.3 Å². The highest BCUT2D eigenvalue weighted by molar-refractivity contribution is 6.17. The monoisotopic (exact) mass is 193 g/mol. The topological polar surface area (TPSA) is 32.9 Å². The van der Waals surface area contributed by atoms with Crippen molar-refractivity contribution in [2.24, 2.45) is 0 Å². The van der Waals surface area contributed by atoms with Crippen molar-refractivity contribution in [1.82, 2.24) is 4.98 Å². The van der Waals surface area contributed by atoms with E-state index in [2.05, 4.69) is 4.98 Å². The van der Waals surface area contributed by atoms with Crippen LogP contribution < -0.4 is 5.56 Å². The van der Waals surface area contributed by atoms with Gasteiger partial charge in [0.2, 0.25) is 0 Å². The minimum absolute atomic E-state index is 0.0596. The second-order valence-electron chi connectivity index (χ2n) is 2.22. The fourth-order valence-electron chi connectivity index (χ4n) is 0.775. The molecular formula is C7H6ClF2NO. The van der Waals surface area contributed by atoms with Gasteiger partial charge in [-0.25, -0.2) is 8.78 Å². The zero-order valence-corrected chi connectivity index (χ0v) is 6.74. The van der Waals surface area contributed by atoms with Crippen LogP contribution in [0, 0.1) is 0 Å². The molecule has 5 heteroatoms. The first kappa shape index (κ1) is 9.19. The lowest BCUT2D eigenvalue weighted by molar-refractivity contribution is 0.151. The number of nitrogens with one attached hydrogen (secondary N) is 1. The van der Waals surface area contributed by atoms with E-state index in [1.807, 2.05) is 0 Å². The molecule has 1 heterocycles. The fourth-order valence-corrected chi connectivity index (χ4v) is 0.974. The Morgan fingerprint density at radius 3 is 2.75 bits per heavy atom. The third-order valence-corrected chi connectivity index (χ3v) is 1.69. The lowest BCUT2D eigenvalue weighted by Crippen LogP contribution is -2.11. The van der Waals surface area contributed by atoms with Gasteiger partial charge in [0.25, 0.3) is 12.0 Å². The van der Waals surface area contributed by atoms with Gasteiger partial charge in [-0.1, -0.05) is 0 Å². The van der Waals surface area contributed by atoms with Crippen molar-refractivity contribution in [3.63, 3.8) is 0 Å². The van der Waals surface area contributed by atoms with Gasteiger partial charge >= 0.3 is 0 Å². The van der Waals surface area contributed by atoms with Gasteiger partial charge in [-0.2, -0.15) is 0 Å². The molecule has 12 heavy (non-hydrogen) atoms. The Balaban J connectivity index is 3.14. The number of rotatable bonds is 2. The van der Waals surface area contributed by atoms with Crippen molar-refractivity contribution in [3.8, 4) is 0 Å². The van der Waals surface area contributed by atoms with Crippen LogP contribution in [0.4, 0.5) is 8.78 Å². The number of hydrogen-bond donors (Lipinski definition) is 1. The van der Waals surface area contributed by atoms with Crippen molar-refractivity contribution < 1.29 is 8.78 Å². The first-order valence-corrected chi connectivity index (χ1v) is 3.74. The summed E-state index contributed by atoms with van der Waals surface area (Å²) in [4.78, 5) is 13.0. The summed E-state index contributed by atoms with van der Waals surface area (Å²) in [5.41, 5.74) is -0.478. The van der Waals surface area contributed by atoms with E-state index in [1.54, 1.807) is 0 Å². The summed E-state index contributed by atoms with van der Waals surface area (Å²) in [6, 6.07) is 1.11. The largest absolute Gasteiger partial charge is 0.328 e. The average molecular weight is 194 g/mol. The molecule has 0 saturated heterocycles. The van der Waals surface area contributed by atoms with E-state index in [4.69, 9.17) is 11.6 Å². The molecule has 0 spiro atoms. The molecule has 0 fully saturated rings. The Morgan fingerprint density at radius 2 is 2.25 bits per heavy atom. The Morgan fingerprint density at radius 1 is 1.58 bits per heavy atom. The number of halogens is 3. The second kappa shape index (κ2) is 3.67. The third-order valence-electron chi connectivity index (χ3n) is 1.40. The molecule has 0 saturated carbocycles. The Bertz CT molecular complexity index is 323. The maximum atomic E-state index is 12.0. The van der Waals surface area contributed by atoms with Gasteiger partial charge < -0.3 is 4.98 Å². The van der Waals surface area contributed by atoms with Crippen LogP contribution in [0.25, 0.3) is 0 Å². The maximum absolute atomic E-state index is 12.0. The number of aromatic amines is 1. The predicted octanol–water partition coefficient (Wildman–Crippen LogP) is 2.05. The maximum Gasteiger partial charge on any atom is 0.265 e. The van der Waals surface area contributed by atoms with E-state index in [9.17, 15) is 13.6 Å². The highest BCUT2D eigenvalue weighted by atomic mass is 35.5. The molecule has 1 aromatic heterocycles. The van der Waals surface area contributed by atoms with E-state index < -0.39 is 12.0 Å². The molecular weight excluding hydrogens is 188 g/mol. The fraction of sp³-hybridized carbons (Fsp3) is 0.286. The molecule has 0 aromatic carbocycles. The molecule has 0 bridgehead atoms. The van der Waals surface area contributed by atoms with Crippen LogP contribution in [0.2, 0.25) is 0 Å². The number of alkyl halides is 3. The molecule has 2 nitrogen and oxygen atoms in total. The average Bonchev–Trinajstić information content (AvgIpc) is 2.05. The molecule has 0 aliphatic rings. The number of hydrogen-bond acceptors (Lipinski definition) is 1.